The Morgan fingerprint density at radius 2 is 1.54 bits per heavy atom. The molecule has 0 aliphatic heterocycles. The number of hydrogen-bond donors (Lipinski definition) is 1. The molecule has 0 aromatic carbocycles. The number of rotatable bonds is 8. The van der Waals surface area contributed by atoms with Crippen molar-refractivity contribution < 1.29 is 28.6 Å². The maximum absolute atomic E-state index is 12.0. The van der Waals surface area contributed by atoms with Crippen LogP contribution in [0.4, 0.5) is 4.79 Å². The lowest BCUT2D eigenvalue weighted by atomic mass is 9.94. The Labute approximate surface area is 157 Å². The zero-order chi connectivity index (χ0) is 20.5. The summed E-state index contributed by atoms with van der Waals surface area (Å²) < 4.78 is 15.1. The lowest BCUT2D eigenvalue weighted by Gasteiger charge is -2.22. The molecule has 7 heteroatoms. The van der Waals surface area contributed by atoms with Gasteiger partial charge in [0.05, 0.1) is 11.8 Å². The average Bonchev–Trinajstić information content (AvgIpc) is 2.41. The van der Waals surface area contributed by atoms with E-state index in [1.54, 1.807) is 41.5 Å². The van der Waals surface area contributed by atoms with Crippen molar-refractivity contribution in [3.8, 4) is 0 Å². The molecule has 1 amide bonds. The molecule has 0 rings (SSSR count). The Balaban J connectivity index is 4.41. The molecule has 0 saturated heterocycles. The van der Waals surface area contributed by atoms with E-state index in [2.05, 4.69) is 5.32 Å². The zero-order valence-corrected chi connectivity index (χ0v) is 17.4. The van der Waals surface area contributed by atoms with Crippen LogP contribution in [0.15, 0.2) is 0 Å². The third-order valence-electron chi connectivity index (χ3n) is 3.22. The molecular weight excluding hydrogens is 338 g/mol. The van der Waals surface area contributed by atoms with Gasteiger partial charge in [-0.05, 0) is 59.8 Å². The molecule has 0 radical (unpaired) electrons. The van der Waals surface area contributed by atoms with Gasteiger partial charge >= 0.3 is 18.0 Å². The normalized spacial score (nSPS) is 13.1. The van der Waals surface area contributed by atoms with Crippen molar-refractivity contribution >= 4 is 18.0 Å². The molecule has 0 aromatic heterocycles. The molecule has 0 aliphatic carbocycles. The van der Waals surface area contributed by atoms with Gasteiger partial charge in [0.25, 0.3) is 0 Å². The SMILES string of the molecule is CC(C)CC(CNC(=O)OC(C)(C)C)CC(=O)OCOC(=O)C(C)(C)C. The Kier molecular flexibility index (Phi) is 9.67. The molecule has 1 unspecified atom stereocenters. The van der Waals surface area contributed by atoms with Crippen molar-refractivity contribution in [2.24, 2.45) is 17.3 Å². The third kappa shape index (κ3) is 12.6. The number of alkyl carbamates (subject to hydrolysis) is 1. The Morgan fingerprint density at radius 1 is 0.962 bits per heavy atom. The molecule has 0 spiro atoms. The van der Waals surface area contributed by atoms with Crippen LogP contribution in [-0.2, 0) is 23.8 Å². The van der Waals surface area contributed by atoms with Gasteiger partial charge in [0.15, 0.2) is 0 Å². The van der Waals surface area contributed by atoms with Crippen LogP contribution in [0.25, 0.3) is 0 Å². The first-order valence-corrected chi connectivity index (χ1v) is 9.00. The maximum Gasteiger partial charge on any atom is 0.407 e. The van der Waals surface area contributed by atoms with E-state index in [1.807, 2.05) is 13.8 Å². The second kappa shape index (κ2) is 10.4. The molecule has 0 heterocycles. The zero-order valence-electron chi connectivity index (χ0n) is 17.4. The van der Waals surface area contributed by atoms with E-state index in [1.165, 1.54) is 0 Å². The molecule has 1 atom stereocenters. The van der Waals surface area contributed by atoms with E-state index >= 15 is 0 Å². The Hall–Kier alpha value is -1.79. The fourth-order valence-electron chi connectivity index (χ4n) is 2.11. The van der Waals surface area contributed by atoms with Crippen LogP contribution in [0.1, 0.15) is 68.2 Å². The smallest absolute Gasteiger partial charge is 0.407 e. The third-order valence-corrected chi connectivity index (χ3v) is 3.22. The van der Waals surface area contributed by atoms with Gasteiger partial charge in [0.1, 0.15) is 5.60 Å². The second-order valence-corrected chi connectivity index (χ2v) is 8.90. The van der Waals surface area contributed by atoms with Crippen LogP contribution in [0.3, 0.4) is 0 Å². The minimum Gasteiger partial charge on any atom is -0.444 e. The van der Waals surface area contributed by atoms with Crippen molar-refractivity contribution in [1.82, 2.24) is 5.32 Å². The predicted octanol–water partition coefficient (Wildman–Crippen LogP) is 3.65. The Bertz CT molecular complexity index is 473. The molecule has 7 nitrogen and oxygen atoms in total. The predicted molar refractivity (Wildman–Crippen MR) is 98.3 cm³/mol. The highest BCUT2D eigenvalue weighted by atomic mass is 16.7. The van der Waals surface area contributed by atoms with Gasteiger partial charge in [-0.1, -0.05) is 13.8 Å². The van der Waals surface area contributed by atoms with E-state index in [0.29, 0.717) is 12.5 Å². The molecule has 0 bridgehead atoms. The summed E-state index contributed by atoms with van der Waals surface area (Å²) in [7, 11) is 0. The van der Waals surface area contributed by atoms with E-state index in [9.17, 15) is 14.4 Å². The summed E-state index contributed by atoms with van der Waals surface area (Å²) >= 11 is 0. The second-order valence-electron chi connectivity index (χ2n) is 8.90. The summed E-state index contributed by atoms with van der Waals surface area (Å²) in [5.41, 5.74) is -1.22. The van der Waals surface area contributed by atoms with Crippen molar-refractivity contribution in [3.05, 3.63) is 0 Å². The fourth-order valence-corrected chi connectivity index (χ4v) is 2.11. The number of carbonyl (C=O) groups excluding carboxylic acids is 3. The molecule has 0 saturated carbocycles. The first-order valence-electron chi connectivity index (χ1n) is 9.00. The highest BCUT2D eigenvalue weighted by molar-refractivity contribution is 5.75. The van der Waals surface area contributed by atoms with Gasteiger partial charge in [-0.15, -0.1) is 0 Å². The Morgan fingerprint density at radius 3 is 2.00 bits per heavy atom. The fraction of sp³-hybridized carbons (Fsp3) is 0.842. The molecule has 152 valence electrons. The molecule has 0 fully saturated rings. The van der Waals surface area contributed by atoms with Gasteiger partial charge in [-0.3, -0.25) is 9.59 Å². The largest absolute Gasteiger partial charge is 0.444 e. The minimum absolute atomic E-state index is 0.0895. The quantitative estimate of drug-likeness (QED) is 0.516. The van der Waals surface area contributed by atoms with Gasteiger partial charge < -0.3 is 19.5 Å². The molecule has 1 N–H and O–H groups in total. The van der Waals surface area contributed by atoms with Crippen LogP contribution in [0.2, 0.25) is 0 Å². The summed E-state index contributed by atoms with van der Waals surface area (Å²) in [6.45, 7) is 14.5. The lowest BCUT2D eigenvalue weighted by Crippen LogP contribution is -2.36. The number of carbonyl (C=O) groups is 3. The number of ether oxygens (including phenoxy) is 3. The standard InChI is InChI=1S/C19H35NO6/c1-13(2)9-14(11-20-17(23)26-19(6,7)8)10-15(21)24-12-25-16(22)18(3,4)5/h13-14H,9-12H2,1-8H3,(H,20,23). The van der Waals surface area contributed by atoms with Crippen molar-refractivity contribution in [1.29, 1.82) is 0 Å². The molecule has 0 aromatic rings. The summed E-state index contributed by atoms with van der Waals surface area (Å²) in [4.78, 5) is 35.4. The van der Waals surface area contributed by atoms with Crippen LogP contribution in [0.5, 0.6) is 0 Å². The van der Waals surface area contributed by atoms with E-state index < -0.39 is 35.8 Å². The van der Waals surface area contributed by atoms with Crippen molar-refractivity contribution in [2.75, 3.05) is 13.3 Å². The van der Waals surface area contributed by atoms with Crippen molar-refractivity contribution in [2.45, 2.75) is 73.8 Å². The molecular formula is C19H35NO6. The number of hydrogen-bond acceptors (Lipinski definition) is 6. The average molecular weight is 373 g/mol. The highest BCUT2D eigenvalue weighted by Crippen LogP contribution is 2.17. The molecule has 0 aliphatic rings. The lowest BCUT2D eigenvalue weighted by molar-refractivity contribution is -0.173. The van der Waals surface area contributed by atoms with Crippen LogP contribution in [-0.4, -0.2) is 37.0 Å². The first kappa shape index (κ1) is 24.2. The van der Waals surface area contributed by atoms with Crippen molar-refractivity contribution in [3.63, 3.8) is 0 Å². The first-order chi connectivity index (χ1) is 11.7. The van der Waals surface area contributed by atoms with Gasteiger partial charge in [-0.2, -0.15) is 0 Å². The summed E-state index contributed by atoms with van der Waals surface area (Å²) in [6, 6.07) is 0. The molecule has 26 heavy (non-hydrogen) atoms. The van der Waals surface area contributed by atoms with Crippen LogP contribution in [0, 0.1) is 17.3 Å². The maximum atomic E-state index is 12.0. The number of nitrogens with one attached hydrogen (secondary N) is 1. The highest BCUT2D eigenvalue weighted by Gasteiger charge is 2.24. The van der Waals surface area contributed by atoms with Gasteiger partial charge in [0, 0.05) is 6.54 Å². The summed E-state index contributed by atoms with van der Waals surface area (Å²) in [5.74, 6) is -0.640. The number of esters is 2. The summed E-state index contributed by atoms with van der Waals surface area (Å²) in [6.07, 6.45) is 0.354. The van der Waals surface area contributed by atoms with E-state index in [4.69, 9.17) is 14.2 Å². The number of amides is 1. The van der Waals surface area contributed by atoms with E-state index in [0.717, 1.165) is 6.42 Å². The van der Waals surface area contributed by atoms with Crippen LogP contribution >= 0.6 is 0 Å². The van der Waals surface area contributed by atoms with Crippen LogP contribution < -0.4 is 5.32 Å². The van der Waals surface area contributed by atoms with E-state index in [-0.39, 0.29) is 12.3 Å². The topological polar surface area (TPSA) is 90.9 Å². The van der Waals surface area contributed by atoms with Gasteiger partial charge in [-0.25, -0.2) is 4.79 Å². The summed E-state index contributed by atoms with van der Waals surface area (Å²) in [5, 5.41) is 2.69. The minimum atomic E-state index is -0.649. The monoisotopic (exact) mass is 373 g/mol. The van der Waals surface area contributed by atoms with Gasteiger partial charge in [0.2, 0.25) is 6.79 Å².